The molecule has 18 heavy (non-hydrogen) atoms. The minimum atomic E-state index is -0.521. The SMILES string of the molecule is Cn1ccnc1CCC(O)c1ccc(Br)c(Cl)c1. The maximum atomic E-state index is 10.1. The lowest BCUT2D eigenvalue weighted by molar-refractivity contribution is 0.167. The Labute approximate surface area is 120 Å². The maximum Gasteiger partial charge on any atom is 0.108 e. The van der Waals surface area contributed by atoms with Crippen LogP contribution in [-0.2, 0) is 13.5 Å². The van der Waals surface area contributed by atoms with E-state index >= 15 is 0 Å². The molecule has 5 heteroatoms. The second-order valence-corrected chi connectivity index (χ2v) is 5.44. The highest BCUT2D eigenvalue weighted by Gasteiger charge is 2.11. The smallest absolute Gasteiger partial charge is 0.108 e. The number of rotatable bonds is 4. The summed E-state index contributed by atoms with van der Waals surface area (Å²) < 4.78 is 2.80. The summed E-state index contributed by atoms with van der Waals surface area (Å²) in [5.41, 5.74) is 0.831. The van der Waals surface area contributed by atoms with Gasteiger partial charge >= 0.3 is 0 Å². The van der Waals surface area contributed by atoms with Crippen LogP contribution in [0.2, 0.25) is 5.02 Å². The molecular formula is C13H14BrClN2O. The topological polar surface area (TPSA) is 38.0 Å². The molecule has 0 aliphatic rings. The van der Waals surface area contributed by atoms with Gasteiger partial charge in [0, 0.05) is 30.3 Å². The number of benzene rings is 1. The lowest BCUT2D eigenvalue weighted by Crippen LogP contribution is -2.03. The molecule has 1 aromatic carbocycles. The van der Waals surface area contributed by atoms with Crippen LogP contribution in [0.4, 0.5) is 0 Å². The van der Waals surface area contributed by atoms with Crippen molar-refractivity contribution >= 4 is 27.5 Å². The monoisotopic (exact) mass is 328 g/mol. The molecule has 0 spiro atoms. The fraction of sp³-hybridized carbons (Fsp3) is 0.308. The molecule has 0 saturated heterocycles. The van der Waals surface area contributed by atoms with Gasteiger partial charge in [0.1, 0.15) is 5.82 Å². The number of nitrogens with zero attached hydrogens (tertiary/aromatic N) is 2. The van der Waals surface area contributed by atoms with Gasteiger partial charge in [-0.05, 0) is 40.0 Å². The normalized spacial score (nSPS) is 12.7. The Kier molecular flexibility index (Phi) is 4.43. The summed E-state index contributed by atoms with van der Waals surface area (Å²) >= 11 is 9.34. The Bertz CT molecular complexity index is 542. The van der Waals surface area contributed by atoms with Gasteiger partial charge in [0.05, 0.1) is 11.1 Å². The molecular weight excluding hydrogens is 316 g/mol. The van der Waals surface area contributed by atoms with Crippen LogP contribution in [0.5, 0.6) is 0 Å². The number of aryl methyl sites for hydroxylation is 2. The molecule has 1 heterocycles. The summed E-state index contributed by atoms with van der Waals surface area (Å²) in [6.45, 7) is 0. The molecule has 96 valence electrons. The minimum absolute atomic E-state index is 0.521. The summed E-state index contributed by atoms with van der Waals surface area (Å²) in [5.74, 6) is 0.970. The first-order valence-electron chi connectivity index (χ1n) is 5.67. The second-order valence-electron chi connectivity index (χ2n) is 4.18. The van der Waals surface area contributed by atoms with Crippen LogP contribution in [0.15, 0.2) is 35.1 Å². The van der Waals surface area contributed by atoms with Gasteiger partial charge in [-0.25, -0.2) is 4.98 Å². The Morgan fingerprint density at radius 1 is 1.50 bits per heavy atom. The van der Waals surface area contributed by atoms with Crippen molar-refractivity contribution in [1.29, 1.82) is 0 Å². The predicted molar refractivity (Wildman–Crippen MR) is 75.6 cm³/mol. The highest BCUT2D eigenvalue weighted by Crippen LogP contribution is 2.27. The quantitative estimate of drug-likeness (QED) is 0.932. The lowest BCUT2D eigenvalue weighted by atomic mass is 10.0. The van der Waals surface area contributed by atoms with Gasteiger partial charge in [0.25, 0.3) is 0 Å². The first-order valence-corrected chi connectivity index (χ1v) is 6.84. The van der Waals surface area contributed by atoms with Gasteiger partial charge < -0.3 is 9.67 Å². The van der Waals surface area contributed by atoms with Crippen molar-refractivity contribution in [3.63, 3.8) is 0 Å². The fourth-order valence-electron chi connectivity index (χ4n) is 1.79. The van der Waals surface area contributed by atoms with Crippen LogP contribution < -0.4 is 0 Å². The van der Waals surface area contributed by atoms with Crippen LogP contribution in [0.1, 0.15) is 23.9 Å². The van der Waals surface area contributed by atoms with Crippen LogP contribution in [-0.4, -0.2) is 14.7 Å². The van der Waals surface area contributed by atoms with Crippen molar-refractivity contribution in [2.75, 3.05) is 0 Å². The molecule has 1 unspecified atom stereocenters. The maximum absolute atomic E-state index is 10.1. The Morgan fingerprint density at radius 2 is 2.28 bits per heavy atom. The third kappa shape index (κ3) is 3.13. The van der Waals surface area contributed by atoms with Crippen molar-refractivity contribution in [2.24, 2.45) is 7.05 Å². The number of aliphatic hydroxyl groups excluding tert-OH is 1. The van der Waals surface area contributed by atoms with Crippen molar-refractivity contribution < 1.29 is 5.11 Å². The van der Waals surface area contributed by atoms with E-state index in [1.807, 2.05) is 29.9 Å². The number of imidazole rings is 1. The fourth-order valence-corrected chi connectivity index (χ4v) is 2.23. The summed E-state index contributed by atoms with van der Waals surface area (Å²) in [6, 6.07) is 5.51. The third-order valence-corrected chi connectivity index (χ3v) is 4.12. The standard InChI is InChI=1S/C13H14BrClN2O/c1-17-7-6-16-13(17)5-4-12(18)9-2-3-10(14)11(15)8-9/h2-3,6-8,12,18H,4-5H2,1H3. The highest BCUT2D eigenvalue weighted by atomic mass is 79.9. The molecule has 1 aromatic heterocycles. The first kappa shape index (κ1) is 13.6. The summed E-state index contributed by atoms with van der Waals surface area (Å²) in [5, 5.41) is 10.7. The molecule has 0 amide bonds. The van der Waals surface area contributed by atoms with E-state index in [1.165, 1.54) is 0 Å². The lowest BCUT2D eigenvalue weighted by Gasteiger charge is -2.11. The molecule has 0 aliphatic heterocycles. The second kappa shape index (κ2) is 5.87. The van der Waals surface area contributed by atoms with Crippen molar-refractivity contribution in [1.82, 2.24) is 9.55 Å². The van der Waals surface area contributed by atoms with Crippen LogP contribution in [0, 0.1) is 0 Å². The zero-order chi connectivity index (χ0) is 13.1. The van der Waals surface area contributed by atoms with Crippen LogP contribution >= 0.6 is 27.5 Å². The Hall–Kier alpha value is -0.840. The van der Waals surface area contributed by atoms with Crippen LogP contribution in [0.25, 0.3) is 0 Å². The van der Waals surface area contributed by atoms with Gasteiger partial charge in [0.2, 0.25) is 0 Å². The van der Waals surface area contributed by atoms with Gasteiger partial charge in [0.15, 0.2) is 0 Å². The van der Waals surface area contributed by atoms with E-state index in [4.69, 9.17) is 11.6 Å². The number of hydrogen-bond acceptors (Lipinski definition) is 2. The van der Waals surface area contributed by atoms with E-state index in [0.717, 1.165) is 22.3 Å². The van der Waals surface area contributed by atoms with E-state index < -0.39 is 6.10 Å². The van der Waals surface area contributed by atoms with E-state index in [2.05, 4.69) is 20.9 Å². The predicted octanol–water partition coefficient (Wildman–Crippen LogP) is 3.50. The van der Waals surface area contributed by atoms with E-state index in [9.17, 15) is 5.11 Å². The van der Waals surface area contributed by atoms with Crippen LogP contribution in [0.3, 0.4) is 0 Å². The van der Waals surface area contributed by atoms with Crippen molar-refractivity contribution in [3.05, 3.63) is 51.5 Å². The van der Waals surface area contributed by atoms with Crippen molar-refractivity contribution in [3.8, 4) is 0 Å². The minimum Gasteiger partial charge on any atom is -0.388 e. The van der Waals surface area contributed by atoms with Gasteiger partial charge in [-0.3, -0.25) is 0 Å². The van der Waals surface area contributed by atoms with E-state index in [-0.39, 0.29) is 0 Å². The molecule has 1 atom stereocenters. The molecule has 0 saturated carbocycles. The van der Waals surface area contributed by atoms with Gasteiger partial charge in [-0.15, -0.1) is 0 Å². The van der Waals surface area contributed by atoms with Crippen molar-refractivity contribution in [2.45, 2.75) is 18.9 Å². The number of halogens is 2. The number of aliphatic hydroxyl groups is 1. The van der Waals surface area contributed by atoms with E-state index in [1.54, 1.807) is 12.3 Å². The molecule has 3 nitrogen and oxygen atoms in total. The first-order chi connectivity index (χ1) is 8.58. The Morgan fingerprint density at radius 3 is 2.89 bits per heavy atom. The third-order valence-electron chi connectivity index (χ3n) is 2.89. The van der Waals surface area contributed by atoms with Gasteiger partial charge in [-0.2, -0.15) is 0 Å². The molecule has 0 bridgehead atoms. The molecule has 0 fully saturated rings. The number of hydrogen-bond donors (Lipinski definition) is 1. The highest BCUT2D eigenvalue weighted by molar-refractivity contribution is 9.10. The molecule has 0 aliphatic carbocycles. The van der Waals surface area contributed by atoms with E-state index in [0.29, 0.717) is 11.4 Å². The number of aromatic nitrogens is 2. The molecule has 0 radical (unpaired) electrons. The molecule has 2 rings (SSSR count). The zero-order valence-corrected chi connectivity index (χ0v) is 12.3. The molecule has 1 N–H and O–H groups in total. The largest absolute Gasteiger partial charge is 0.388 e. The Balaban J connectivity index is 2.01. The summed E-state index contributed by atoms with van der Waals surface area (Å²) in [7, 11) is 1.95. The summed E-state index contributed by atoms with van der Waals surface area (Å²) in [4.78, 5) is 4.23. The average Bonchev–Trinajstić information content (AvgIpc) is 2.75. The van der Waals surface area contributed by atoms with Gasteiger partial charge in [-0.1, -0.05) is 17.7 Å². The molecule has 2 aromatic rings. The zero-order valence-electron chi connectivity index (χ0n) is 9.98. The average molecular weight is 330 g/mol. The summed E-state index contributed by atoms with van der Waals surface area (Å²) in [6.07, 6.45) is 4.50.